The van der Waals surface area contributed by atoms with E-state index >= 15 is 0 Å². The van der Waals surface area contributed by atoms with Crippen LogP contribution in [0.15, 0.2) is 83.0 Å². The molecule has 2 aromatic heterocycles. The van der Waals surface area contributed by atoms with E-state index in [0.717, 1.165) is 60.1 Å². The second-order valence-corrected chi connectivity index (χ2v) is 8.95. The minimum atomic E-state index is 0.0984. The van der Waals surface area contributed by atoms with Gasteiger partial charge in [-0.25, -0.2) is 4.98 Å². The molecule has 0 N–H and O–H groups in total. The molecule has 1 fully saturated rings. The van der Waals surface area contributed by atoms with E-state index in [4.69, 9.17) is 0 Å². The minimum Gasteiger partial charge on any atom is -0.339 e. The quantitative estimate of drug-likeness (QED) is 0.554. The molecular formula is C25H28N4OS. The maximum atomic E-state index is 13.0. The molecule has 0 aliphatic carbocycles. The smallest absolute Gasteiger partial charge is 0.253 e. The summed E-state index contributed by atoms with van der Waals surface area (Å²) in [6, 6.07) is 20.1. The topological polar surface area (TPSA) is 49.3 Å². The molecule has 3 heterocycles. The van der Waals surface area contributed by atoms with Gasteiger partial charge in [0.05, 0.1) is 0 Å². The monoisotopic (exact) mass is 432 g/mol. The van der Waals surface area contributed by atoms with Crippen LogP contribution < -0.4 is 0 Å². The highest BCUT2D eigenvalue weighted by Gasteiger charge is 2.25. The summed E-state index contributed by atoms with van der Waals surface area (Å²) in [5.74, 6) is 0.0984. The van der Waals surface area contributed by atoms with Gasteiger partial charge in [0.2, 0.25) is 0 Å². The van der Waals surface area contributed by atoms with Crippen LogP contribution in [0.2, 0.25) is 0 Å². The number of hydrogen-bond acceptors (Lipinski definition) is 5. The zero-order valence-corrected chi connectivity index (χ0v) is 18.7. The molecule has 160 valence electrons. The number of nitrogens with zero attached hydrogens (tertiary/aromatic N) is 4. The van der Waals surface area contributed by atoms with E-state index in [2.05, 4.69) is 20.9 Å². The molecular weight excluding hydrogens is 404 g/mol. The fourth-order valence-electron chi connectivity index (χ4n) is 3.91. The van der Waals surface area contributed by atoms with Crippen molar-refractivity contribution in [2.45, 2.75) is 35.2 Å². The Hall–Kier alpha value is -2.70. The first kappa shape index (κ1) is 21.5. The lowest BCUT2D eigenvalue weighted by Crippen LogP contribution is -2.46. The van der Waals surface area contributed by atoms with E-state index in [1.807, 2.05) is 72.7 Å². The van der Waals surface area contributed by atoms with Gasteiger partial charge in [-0.15, -0.1) is 0 Å². The van der Waals surface area contributed by atoms with Crippen LogP contribution in [0.1, 0.15) is 28.9 Å². The molecule has 0 spiro atoms. The number of piperidine rings is 1. The normalized spacial score (nSPS) is 15.0. The van der Waals surface area contributed by atoms with Crippen LogP contribution >= 0.6 is 11.8 Å². The zero-order valence-electron chi connectivity index (χ0n) is 17.9. The third-order valence-electron chi connectivity index (χ3n) is 5.80. The SMILES string of the molecule is CN(C(=O)c1ccc(Sc2ccccn2)cc1)C1CCN(CCc2ccccn2)CC1. The van der Waals surface area contributed by atoms with Crippen LogP contribution in [-0.4, -0.2) is 58.4 Å². The van der Waals surface area contributed by atoms with Gasteiger partial charge in [-0.2, -0.15) is 0 Å². The molecule has 6 heteroatoms. The van der Waals surface area contributed by atoms with Crippen molar-refractivity contribution < 1.29 is 4.79 Å². The van der Waals surface area contributed by atoms with Crippen molar-refractivity contribution >= 4 is 17.7 Å². The average Bonchev–Trinajstić information content (AvgIpc) is 2.84. The van der Waals surface area contributed by atoms with Crippen molar-refractivity contribution in [3.63, 3.8) is 0 Å². The molecule has 0 atom stereocenters. The summed E-state index contributed by atoms with van der Waals surface area (Å²) in [4.78, 5) is 27.2. The first-order chi connectivity index (χ1) is 15.2. The molecule has 4 rings (SSSR count). The van der Waals surface area contributed by atoms with Crippen molar-refractivity contribution in [2.24, 2.45) is 0 Å². The van der Waals surface area contributed by atoms with Crippen LogP contribution in [0.3, 0.4) is 0 Å². The van der Waals surface area contributed by atoms with Gasteiger partial charge in [-0.3, -0.25) is 9.78 Å². The second kappa shape index (κ2) is 10.6. The van der Waals surface area contributed by atoms with Crippen LogP contribution in [-0.2, 0) is 6.42 Å². The molecule has 0 bridgehead atoms. The van der Waals surface area contributed by atoms with Gasteiger partial charge in [0.15, 0.2) is 0 Å². The van der Waals surface area contributed by atoms with Gasteiger partial charge < -0.3 is 9.80 Å². The third kappa shape index (κ3) is 5.93. The highest BCUT2D eigenvalue weighted by molar-refractivity contribution is 7.99. The summed E-state index contributed by atoms with van der Waals surface area (Å²) in [6.45, 7) is 3.07. The number of likely N-dealkylation sites (tertiary alicyclic amines) is 1. The predicted octanol–water partition coefficient (Wildman–Crippen LogP) is 4.41. The lowest BCUT2D eigenvalue weighted by molar-refractivity contribution is 0.0643. The highest BCUT2D eigenvalue weighted by Crippen LogP contribution is 2.26. The molecule has 1 saturated heterocycles. The summed E-state index contributed by atoms with van der Waals surface area (Å²) >= 11 is 1.60. The highest BCUT2D eigenvalue weighted by atomic mass is 32.2. The Morgan fingerprint density at radius 2 is 1.71 bits per heavy atom. The van der Waals surface area contributed by atoms with Crippen LogP contribution in [0.25, 0.3) is 0 Å². The Morgan fingerprint density at radius 1 is 1.00 bits per heavy atom. The van der Waals surface area contributed by atoms with Gasteiger partial charge in [0.25, 0.3) is 5.91 Å². The molecule has 3 aromatic rings. The molecule has 31 heavy (non-hydrogen) atoms. The van der Waals surface area contributed by atoms with Gasteiger partial charge in [-0.1, -0.05) is 23.9 Å². The fourth-order valence-corrected chi connectivity index (χ4v) is 4.69. The number of benzene rings is 1. The molecule has 1 aliphatic heterocycles. The van der Waals surface area contributed by atoms with Crippen molar-refractivity contribution in [1.29, 1.82) is 0 Å². The van der Waals surface area contributed by atoms with Crippen LogP contribution in [0.5, 0.6) is 0 Å². The van der Waals surface area contributed by atoms with Crippen LogP contribution in [0, 0.1) is 0 Å². The second-order valence-electron chi connectivity index (χ2n) is 7.85. The molecule has 1 amide bonds. The molecule has 0 saturated carbocycles. The summed E-state index contributed by atoms with van der Waals surface area (Å²) < 4.78 is 0. The van der Waals surface area contributed by atoms with E-state index < -0.39 is 0 Å². The maximum Gasteiger partial charge on any atom is 0.253 e. The van der Waals surface area contributed by atoms with Gasteiger partial charge in [0, 0.05) is 67.7 Å². The van der Waals surface area contributed by atoms with Gasteiger partial charge >= 0.3 is 0 Å². The lowest BCUT2D eigenvalue weighted by Gasteiger charge is -2.36. The number of carbonyl (C=O) groups is 1. The average molecular weight is 433 g/mol. The largest absolute Gasteiger partial charge is 0.339 e. The first-order valence-corrected chi connectivity index (χ1v) is 11.6. The van der Waals surface area contributed by atoms with E-state index in [0.29, 0.717) is 6.04 Å². The Bertz CT molecular complexity index is 958. The summed E-state index contributed by atoms with van der Waals surface area (Å²) in [5, 5.41) is 0.952. The Balaban J connectivity index is 1.26. The maximum absolute atomic E-state index is 13.0. The molecule has 1 aromatic carbocycles. The molecule has 1 aliphatic rings. The predicted molar refractivity (Wildman–Crippen MR) is 124 cm³/mol. The number of pyridine rings is 2. The van der Waals surface area contributed by atoms with Crippen molar-refractivity contribution in [2.75, 3.05) is 26.7 Å². The Morgan fingerprint density at radius 3 is 2.35 bits per heavy atom. The van der Waals surface area contributed by atoms with Gasteiger partial charge in [-0.05, 0) is 61.4 Å². The number of rotatable bonds is 7. The lowest BCUT2D eigenvalue weighted by atomic mass is 10.0. The summed E-state index contributed by atoms with van der Waals surface area (Å²) in [6.07, 6.45) is 6.64. The van der Waals surface area contributed by atoms with Crippen molar-refractivity contribution in [1.82, 2.24) is 19.8 Å². The standard InChI is InChI=1S/C25H28N4OS/c1-28(22-13-18-29(19-14-22)17-12-21-6-2-4-15-26-21)25(30)20-8-10-23(11-9-20)31-24-7-3-5-16-27-24/h2-11,15-16,22H,12-14,17-19H2,1H3. The summed E-state index contributed by atoms with van der Waals surface area (Å²) in [5.41, 5.74) is 1.88. The molecule has 0 radical (unpaired) electrons. The number of carbonyl (C=O) groups excluding carboxylic acids is 1. The Labute approximate surface area is 188 Å². The minimum absolute atomic E-state index is 0.0984. The fraction of sp³-hybridized carbons (Fsp3) is 0.320. The van der Waals surface area contributed by atoms with E-state index in [1.165, 1.54) is 0 Å². The number of aromatic nitrogens is 2. The van der Waals surface area contributed by atoms with E-state index in [1.54, 1.807) is 18.0 Å². The Kier molecular flexibility index (Phi) is 7.33. The number of hydrogen-bond donors (Lipinski definition) is 0. The molecule has 0 unspecified atom stereocenters. The van der Waals surface area contributed by atoms with E-state index in [-0.39, 0.29) is 5.91 Å². The number of amides is 1. The summed E-state index contributed by atoms with van der Waals surface area (Å²) in [7, 11) is 1.94. The van der Waals surface area contributed by atoms with Gasteiger partial charge in [0.1, 0.15) is 5.03 Å². The van der Waals surface area contributed by atoms with Crippen molar-refractivity contribution in [3.05, 3.63) is 84.3 Å². The zero-order chi connectivity index (χ0) is 21.5. The van der Waals surface area contributed by atoms with Crippen LogP contribution in [0.4, 0.5) is 0 Å². The molecule has 5 nitrogen and oxygen atoms in total. The third-order valence-corrected chi connectivity index (χ3v) is 6.76. The van der Waals surface area contributed by atoms with Crippen molar-refractivity contribution in [3.8, 4) is 0 Å². The first-order valence-electron chi connectivity index (χ1n) is 10.8. The van der Waals surface area contributed by atoms with E-state index in [9.17, 15) is 4.79 Å².